The smallest absolute Gasteiger partial charge is 0.323 e. The van der Waals surface area contributed by atoms with Crippen molar-refractivity contribution in [2.24, 2.45) is 0 Å². The SMILES string of the molecule is C#CCN(CC(=O)O)C(=O)C(C)(C)OC. The molecule has 5 heteroatoms. The highest BCUT2D eigenvalue weighted by Crippen LogP contribution is 2.11. The van der Waals surface area contributed by atoms with Crippen LogP contribution >= 0.6 is 0 Å². The van der Waals surface area contributed by atoms with Crippen molar-refractivity contribution >= 4 is 11.9 Å². The molecule has 0 aromatic heterocycles. The van der Waals surface area contributed by atoms with Crippen LogP contribution in [0.1, 0.15) is 13.8 Å². The van der Waals surface area contributed by atoms with E-state index in [-0.39, 0.29) is 6.54 Å². The zero-order valence-corrected chi connectivity index (χ0v) is 9.11. The van der Waals surface area contributed by atoms with Crippen molar-refractivity contribution in [3.63, 3.8) is 0 Å². The fourth-order valence-electron chi connectivity index (χ4n) is 0.941. The zero-order chi connectivity index (χ0) is 12.1. The number of ether oxygens (including phenoxy) is 1. The molecule has 0 aromatic rings. The predicted molar refractivity (Wildman–Crippen MR) is 54.1 cm³/mol. The molecule has 1 amide bonds. The largest absolute Gasteiger partial charge is 0.480 e. The summed E-state index contributed by atoms with van der Waals surface area (Å²) in [5.74, 6) is 0.691. The maximum atomic E-state index is 11.8. The Bertz CT molecular complexity index is 290. The van der Waals surface area contributed by atoms with Gasteiger partial charge in [-0.05, 0) is 13.8 Å². The van der Waals surface area contributed by atoms with Crippen LogP contribution in [0, 0.1) is 12.3 Å². The van der Waals surface area contributed by atoms with Crippen molar-refractivity contribution in [3.05, 3.63) is 0 Å². The molecule has 0 atom stereocenters. The lowest BCUT2D eigenvalue weighted by atomic mass is 10.1. The van der Waals surface area contributed by atoms with E-state index in [1.807, 2.05) is 0 Å². The zero-order valence-electron chi connectivity index (χ0n) is 9.11. The van der Waals surface area contributed by atoms with Gasteiger partial charge in [0, 0.05) is 7.11 Å². The maximum absolute atomic E-state index is 11.8. The maximum Gasteiger partial charge on any atom is 0.323 e. The summed E-state index contributed by atoms with van der Waals surface area (Å²) in [7, 11) is 1.38. The molecule has 15 heavy (non-hydrogen) atoms. The van der Waals surface area contributed by atoms with Gasteiger partial charge < -0.3 is 14.7 Å². The molecule has 0 aliphatic carbocycles. The second-order valence-electron chi connectivity index (χ2n) is 3.47. The first kappa shape index (κ1) is 13.5. The summed E-state index contributed by atoms with van der Waals surface area (Å²) in [5.41, 5.74) is -1.06. The quantitative estimate of drug-likeness (QED) is 0.651. The summed E-state index contributed by atoms with van der Waals surface area (Å²) in [6.07, 6.45) is 5.05. The number of hydrogen-bond acceptors (Lipinski definition) is 3. The molecule has 0 heterocycles. The Morgan fingerprint density at radius 3 is 2.40 bits per heavy atom. The lowest BCUT2D eigenvalue weighted by Gasteiger charge is -2.28. The number of methoxy groups -OCH3 is 1. The summed E-state index contributed by atoms with van der Waals surface area (Å²) in [5, 5.41) is 8.59. The molecule has 0 fully saturated rings. The minimum absolute atomic E-state index is 0.0437. The van der Waals surface area contributed by atoms with Gasteiger partial charge in [-0.3, -0.25) is 9.59 Å². The third kappa shape index (κ3) is 4.00. The van der Waals surface area contributed by atoms with Crippen LogP contribution in [0.3, 0.4) is 0 Å². The van der Waals surface area contributed by atoms with E-state index in [4.69, 9.17) is 16.3 Å². The lowest BCUT2D eigenvalue weighted by Crippen LogP contribution is -2.48. The molecule has 0 aromatic carbocycles. The van der Waals surface area contributed by atoms with Crippen molar-refractivity contribution in [3.8, 4) is 12.3 Å². The Morgan fingerprint density at radius 2 is 2.07 bits per heavy atom. The Labute approximate surface area is 89.0 Å². The number of hydrogen-bond donors (Lipinski definition) is 1. The number of amides is 1. The molecule has 0 rings (SSSR count). The topological polar surface area (TPSA) is 66.8 Å². The highest BCUT2D eigenvalue weighted by atomic mass is 16.5. The summed E-state index contributed by atoms with van der Waals surface area (Å²) >= 11 is 0. The minimum Gasteiger partial charge on any atom is -0.480 e. The van der Waals surface area contributed by atoms with Crippen LogP contribution in [0.25, 0.3) is 0 Å². The van der Waals surface area contributed by atoms with Crippen molar-refractivity contribution < 1.29 is 19.4 Å². The second-order valence-corrected chi connectivity index (χ2v) is 3.47. The molecule has 0 saturated carbocycles. The van der Waals surface area contributed by atoms with Gasteiger partial charge in [0.25, 0.3) is 5.91 Å². The lowest BCUT2D eigenvalue weighted by molar-refractivity contribution is -0.155. The van der Waals surface area contributed by atoms with Gasteiger partial charge >= 0.3 is 5.97 Å². The van der Waals surface area contributed by atoms with Crippen LogP contribution in [-0.4, -0.2) is 47.7 Å². The predicted octanol–water partition coefficient (Wildman–Crippen LogP) is -0.0422. The molecule has 0 radical (unpaired) electrons. The first-order valence-electron chi connectivity index (χ1n) is 4.35. The van der Waals surface area contributed by atoms with Gasteiger partial charge in [0.1, 0.15) is 12.1 Å². The Morgan fingerprint density at radius 1 is 1.53 bits per heavy atom. The monoisotopic (exact) mass is 213 g/mol. The number of terminal acetylenes is 1. The van der Waals surface area contributed by atoms with E-state index in [1.54, 1.807) is 13.8 Å². The molecular weight excluding hydrogens is 198 g/mol. The first-order valence-corrected chi connectivity index (χ1v) is 4.35. The summed E-state index contributed by atoms with van der Waals surface area (Å²) in [6, 6.07) is 0. The Kier molecular flexibility index (Phi) is 4.82. The van der Waals surface area contributed by atoms with Crippen LogP contribution in [0.4, 0.5) is 0 Å². The first-order chi connectivity index (χ1) is 6.85. The summed E-state index contributed by atoms with van der Waals surface area (Å²) in [6.45, 7) is 2.65. The van der Waals surface area contributed by atoms with E-state index in [1.165, 1.54) is 7.11 Å². The standard InChI is InChI=1S/C10H15NO4/c1-5-6-11(7-8(12)13)9(14)10(2,3)15-4/h1H,6-7H2,2-4H3,(H,12,13). The molecule has 1 N–H and O–H groups in total. The van der Waals surface area contributed by atoms with E-state index in [9.17, 15) is 9.59 Å². The summed E-state index contributed by atoms with van der Waals surface area (Å²) < 4.78 is 4.96. The van der Waals surface area contributed by atoms with Crippen LogP contribution < -0.4 is 0 Å². The number of carbonyl (C=O) groups excluding carboxylic acids is 1. The van der Waals surface area contributed by atoms with Gasteiger partial charge in [-0.15, -0.1) is 6.42 Å². The van der Waals surface area contributed by atoms with Gasteiger partial charge in [0.2, 0.25) is 0 Å². The normalized spacial score (nSPS) is 10.5. The highest BCUT2D eigenvalue weighted by Gasteiger charge is 2.32. The van der Waals surface area contributed by atoms with Crippen LogP contribution in [0.2, 0.25) is 0 Å². The molecule has 84 valence electrons. The fraction of sp³-hybridized carbons (Fsp3) is 0.600. The number of carboxylic acids is 1. The number of carboxylic acid groups (broad SMARTS) is 1. The van der Waals surface area contributed by atoms with E-state index in [0.717, 1.165) is 4.90 Å². The van der Waals surface area contributed by atoms with Crippen molar-refractivity contribution in [2.45, 2.75) is 19.4 Å². The number of nitrogens with zero attached hydrogens (tertiary/aromatic N) is 1. The van der Waals surface area contributed by atoms with E-state index < -0.39 is 24.0 Å². The van der Waals surface area contributed by atoms with E-state index in [0.29, 0.717) is 0 Å². The second kappa shape index (κ2) is 5.37. The van der Waals surface area contributed by atoms with Crippen LogP contribution in [0.5, 0.6) is 0 Å². The van der Waals surface area contributed by atoms with Gasteiger partial charge in [-0.25, -0.2) is 0 Å². The molecule has 0 unspecified atom stereocenters. The van der Waals surface area contributed by atoms with Crippen molar-refractivity contribution in [1.82, 2.24) is 4.90 Å². The van der Waals surface area contributed by atoms with Crippen LogP contribution in [-0.2, 0) is 14.3 Å². The van der Waals surface area contributed by atoms with E-state index in [2.05, 4.69) is 5.92 Å². The average Bonchev–Trinajstić information content (AvgIpc) is 2.15. The molecule has 0 aliphatic rings. The minimum atomic E-state index is -1.11. The number of rotatable bonds is 5. The van der Waals surface area contributed by atoms with Crippen molar-refractivity contribution in [2.75, 3.05) is 20.2 Å². The average molecular weight is 213 g/mol. The third-order valence-corrected chi connectivity index (χ3v) is 1.92. The van der Waals surface area contributed by atoms with Gasteiger partial charge in [0.15, 0.2) is 0 Å². The fourth-order valence-corrected chi connectivity index (χ4v) is 0.941. The number of carbonyl (C=O) groups is 2. The van der Waals surface area contributed by atoms with Crippen LogP contribution in [0.15, 0.2) is 0 Å². The molecule has 0 aliphatic heterocycles. The van der Waals surface area contributed by atoms with Gasteiger partial charge in [0.05, 0.1) is 6.54 Å². The molecule has 0 spiro atoms. The Hall–Kier alpha value is -1.54. The third-order valence-electron chi connectivity index (χ3n) is 1.92. The molecular formula is C10H15NO4. The Balaban J connectivity index is 4.71. The van der Waals surface area contributed by atoms with Gasteiger partial charge in [-0.2, -0.15) is 0 Å². The van der Waals surface area contributed by atoms with Crippen molar-refractivity contribution in [1.29, 1.82) is 0 Å². The molecule has 0 saturated heterocycles. The van der Waals surface area contributed by atoms with E-state index >= 15 is 0 Å². The van der Waals surface area contributed by atoms with Gasteiger partial charge in [-0.1, -0.05) is 5.92 Å². The number of aliphatic carboxylic acids is 1. The summed E-state index contributed by atoms with van der Waals surface area (Å²) in [4.78, 5) is 23.3. The highest BCUT2D eigenvalue weighted by molar-refractivity contribution is 5.87. The molecule has 5 nitrogen and oxygen atoms in total. The molecule has 0 bridgehead atoms.